The fraction of sp³-hybridized carbons (Fsp3) is 0.684. The molecule has 1 saturated heterocycles. The van der Waals surface area contributed by atoms with Crippen LogP contribution < -0.4 is 4.74 Å². The maximum atomic E-state index is 10.6. The van der Waals surface area contributed by atoms with Crippen LogP contribution in [0.5, 0.6) is 5.75 Å². The minimum atomic E-state index is -0.150. The van der Waals surface area contributed by atoms with Gasteiger partial charge in [0.15, 0.2) is 0 Å². The van der Waals surface area contributed by atoms with E-state index in [-0.39, 0.29) is 6.10 Å². The smallest absolute Gasteiger partial charge is 0.118 e. The zero-order valence-electron chi connectivity index (χ0n) is 13.7. The Bertz CT molecular complexity index is 453. The number of rotatable bonds is 4. The van der Waals surface area contributed by atoms with Crippen molar-refractivity contribution in [2.75, 3.05) is 20.2 Å². The Kier molecular flexibility index (Phi) is 5.37. The van der Waals surface area contributed by atoms with Gasteiger partial charge in [0.25, 0.3) is 0 Å². The Balaban J connectivity index is 1.86. The van der Waals surface area contributed by atoms with Crippen LogP contribution in [0, 0.1) is 5.92 Å². The summed E-state index contributed by atoms with van der Waals surface area (Å²) in [5, 5.41) is 10.6. The van der Waals surface area contributed by atoms with Crippen molar-refractivity contribution in [2.45, 2.75) is 57.1 Å². The van der Waals surface area contributed by atoms with E-state index < -0.39 is 0 Å². The zero-order valence-corrected chi connectivity index (χ0v) is 13.7. The molecule has 1 aromatic carbocycles. The monoisotopic (exact) mass is 303 g/mol. The van der Waals surface area contributed by atoms with Gasteiger partial charge >= 0.3 is 0 Å². The Morgan fingerprint density at radius 3 is 2.32 bits per heavy atom. The lowest BCUT2D eigenvalue weighted by atomic mass is 9.78. The Morgan fingerprint density at radius 1 is 1.00 bits per heavy atom. The second-order valence-electron chi connectivity index (χ2n) is 6.83. The summed E-state index contributed by atoms with van der Waals surface area (Å²) in [5.41, 5.74) is 1.34. The van der Waals surface area contributed by atoms with Crippen molar-refractivity contribution in [3.8, 4) is 5.75 Å². The lowest BCUT2D eigenvalue weighted by Crippen LogP contribution is -2.42. The average Bonchev–Trinajstić information content (AvgIpc) is 2.58. The van der Waals surface area contributed by atoms with Gasteiger partial charge in [-0.3, -0.25) is 4.90 Å². The third kappa shape index (κ3) is 3.47. The molecular weight excluding hydrogens is 274 g/mol. The molecule has 2 fully saturated rings. The number of aliphatic hydroxyl groups is 1. The molecule has 0 bridgehead atoms. The van der Waals surface area contributed by atoms with Crippen molar-refractivity contribution in [1.29, 1.82) is 0 Å². The number of methoxy groups -OCH3 is 1. The quantitative estimate of drug-likeness (QED) is 0.919. The first-order valence-electron chi connectivity index (χ1n) is 8.85. The van der Waals surface area contributed by atoms with Crippen LogP contribution in [0.4, 0.5) is 0 Å². The van der Waals surface area contributed by atoms with Crippen LogP contribution in [0.25, 0.3) is 0 Å². The Hall–Kier alpha value is -1.06. The molecule has 0 aromatic heterocycles. The molecule has 3 rings (SSSR count). The molecular formula is C19H29NO2. The van der Waals surface area contributed by atoms with Crippen LogP contribution in [-0.2, 0) is 0 Å². The number of likely N-dealkylation sites (tertiary alicyclic amines) is 1. The molecule has 1 aromatic rings. The fourth-order valence-corrected chi connectivity index (χ4v) is 4.23. The molecule has 1 saturated carbocycles. The van der Waals surface area contributed by atoms with Gasteiger partial charge in [-0.05, 0) is 56.5 Å². The summed E-state index contributed by atoms with van der Waals surface area (Å²) in [7, 11) is 1.71. The molecule has 0 radical (unpaired) electrons. The summed E-state index contributed by atoms with van der Waals surface area (Å²) in [6.07, 6.45) is 8.31. The number of ether oxygens (including phenoxy) is 1. The summed E-state index contributed by atoms with van der Waals surface area (Å²) in [6.45, 7) is 2.33. The molecule has 1 aliphatic carbocycles. The average molecular weight is 303 g/mol. The topological polar surface area (TPSA) is 32.7 Å². The highest BCUT2D eigenvalue weighted by Crippen LogP contribution is 2.40. The van der Waals surface area contributed by atoms with Crippen molar-refractivity contribution in [2.24, 2.45) is 5.92 Å². The van der Waals surface area contributed by atoms with E-state index in [2.05, 4.69) is 29.2 Å². The Labute approximate surface area is 134 Å². The van der Waals surface area contributed by atoms with Crippen LogP contribution in [0.15, 0.2) is 24.3 Å². The fourth-order valence-electron chi connectivity index (χ4n) is 4.23. The lowest BCUT2D eigenvalue weighted by molar-refractivity contribution is 0.00165. The molecule has 3 heteroatoms. The van der Waals surface area contributed by atoms with Gasteiger partial charge in [0.05, 0.1) is 13.2 Å². The molecule has 122 valence electrons. The standard InChI is InChI=1S/C19H29NO2/c1-22-16-11-9-15(10-12-16)19(20-13-5-2-6-14-20)17-7-3-4-8-18(17)21/h9-12,17-19,21H,2-8,13-14H2,1H3. The molecule has 1 aliphatic heterocycles. The van der Waals surface area contributed by atoms with E-state index in [1.54, 1.807) is 7.11 Å². The first kappa shape index (κ1) is 15.8. The predicted octanol–water partition coefficient (Wildman–Crippen LogP) is 3.77. The summed E-state index contributed by atoms with van der Waals surface area (Å²) >= 11 is 0. The third-order valence-electron chi connectivity index (χ3n) is 5.43. The van der Waals surface area contributed by atoms with Crippen LogP contribution in [-0.4, -0.2) is 36.3 Å². The molecule has 3 nitrogen and oxygen atoms in total. The van der Waals surface area contributed by atoms with Crippen LogP contribution in [0.1, 0.15) is 56.6 Å². The molecule has 0 spiro atoms. The SMILES string of the molecule is COc1ccc(C(C2CCCCC2O)N2CCCCC2)cc1. The van der Waals surface area contributed by atoms with Gasteiger partial charge in [0.1, 0.15) is 5.75 Å². The largest absolute Gasteiger partial charge is 0.497 e. The van der Waals surface area contributed by atoms with Gasteiger partial charge in [-0.25, -0.2) is 0 Å². The van der Waals surface area contributed by atoms with E-state index in [0.29, 0.717) is 12.0 Å². The van der Waals surface area contributed by atoms with E-state index in [1.807, 2.05) is 0 Å². The summed E-state index contributed by atoms with van der Waals surface area (Å²) in [5.74, 6) is 1.28. The number of piperidine rings is 1. The van der Waals surface area contributed by atoms with E-state index in [0.717, 1.165) is 18.6 Å². The van der Waals surface area contributed by atoms with Crippen molar-refractivity contribution >= 4 is 0 Å². The minimum Gasteiger partial charge on any atom is -0.497 e. The molecule has 0 amide bonds. The summed E-state index contributed by atoms with van der Waals surface area (Å²) in [4.78, 5) is 2.62. The summed E-state index contributed by atoms with van der Waals surface area (Å²) < 4.78 is 5.30. The normalized spacial score (nSPS) is 28.3. The zero-order chi connectivity index (χ0) is 15.4. The van der Waals surface area contributed by atoms with E-state index in [9.17, 15) is 5.11 Å². The van der Waals surface area contributed by atoms with E-state index >= 15 is 0 Å². The van der Waals surface area contributed by atoms with Crippen molar-refractivity contribution in [1.82, 2.24) is 4.90 Å². The lowest BCUT2D eigenvalue weighted by Gasteiger charge is -2.43. The summed E-state index contributed by atoms with van der Waals surface area (Å²) in [6, 6.07) is 8.86. The highest BCUT2D eigenvalue weighted by Gasteiger charge is 2.35. The van der Waals surface area contributed by atoms with E-state index in [4.69, 9.17) is 4.74 Å². The highest BCUT2D eigenvalue weighted by atomic mass is 16.5. The molecule has 2 aliphatic rings. The number of aliphatic hydroxyl groups excluding tert-OH is 1. The highest BCUT2D eigenvalue weighted by molar-refractivity contribution is 5.30. The van der Waals surface area contributed by atoms with Crippen LogP contribution in [0.3, 0.4) is 0 Å². The van der Waals surface area contributed by atoms with Crippen molar-refractivity contribution < 1.29 is 9.84 Å². The second-order valence-corrected chi connectivity index (χ2v) is 6.83. The third-order valence-corrected chi connectivity index (χ3v) is 5.43. The van der Waals surface area contributed by atoms with Gasteiger partial charge in [0.2, 0.25) is 0 Å². The van der Waals surface area contributed by atoms with Crippen LogP contribution in [0.2, 0.25) is 0 Å². The van der Waals surface area contributed by atoms with Crippen molar-refractivity contribution in [3.63, 3.8) is 0 Å². The number of hydrogen-bond donors (Lipinski definition) is 1. The second kappa shape index (κ2) is 7.47. The maximum Gasteiger partial charge on any atom is 0.118 e. The predicted molar refractivity (Wildman–Crippen MR) is 89.1 cm³/mol. The number of nitrogens with zero attached hydrogens (tertiary/aromatic N) is 1. The Morgan fingerprint density at radius 2 is 1.68 bits per heavy atom. The van der Waals surface area contributed by atoms with Crippen LogP contribution >= 0.6 is 0 Å². The van der Waals surface area contributed by atoms with E-state index in [1.165, 1.54) is 50.8 Å². The number of benzene rings is 1. The van der Waals surface area contributed by atoms with Crippen molar-refractivity contribution in [3.05, 3.63) is 29.8 Å². The maximum absolute atomic E-state index is 10.6. The molecule has 1 heterocycles. The molecule has 1 N–H and O–H groups in total. The molecule has 3 unspecified atom stereocenters. The number of hydrogen-bond acceptors (Lipinski definition) is 3. The van der Waals surface area contributed by atoms with Gasteiger partial charge in [-0.1, -0.05) is 31.4 Å². The first-order chi connectivity index (χ1) is 10.8. The first-order valence-corrected chi connectivity index (χ1v) is 8.85. The van der Waals surface area contributed by atoms with Gasteiger partial charge in [-0.2, -0.15) is 0 Å². The molecule has 22 heavy (non-hydrogen) atoms. The molecule has 3 atom stereocenters. The van der Waals surface area contributed by atoms with Gasteiger partial charge in [-0.15, -0.1) is 0 Å². The minimum absolute atomic E-state index is 0.150. The van der Waals surface area contributed by atoms with Gasteiger partial charge < -0.3 is 9.84 Å². The van der Waals surface area contributed by atoms with Gasteiger partial charge in [0, 0.05) is 12.0 Å².